The van der Waals surface area contributed by atoms with Gasteiger partial charge in [0.15, 0.2) is 0 Å². The third kappa shape index (κ3) is 5.37. The lowest BCUT2D eigenvalue weighted by Crippen LogP contribution is -2.48. The molecule has 1 atom stereocenters. The molecule has 0 bridgehead atoms. The first-order valence-corrected chi connectivity index (χ1v) is 10.1. The predicted molar refractivity (Wildman–Crippen MR) is 106 cm³/mol. The number of nitrogens with one attached hydrogen (secondary N) is 2. The fraction of sp³-hybridized carbons (Fsp3) is 0.619. The largest absolute Gasteiger partial charge is 0.497 e. The predicted octanol–water partition coefficient (Wildman–Crippen LogP) is 3.32. The van der Waals surface area contributed by atoms with Crippen LogP contribution in [0.5, 0.6) is 5.75 Å². The van der Waals surface area contributed by atoms with E-state index < -0.39 is 0 Å². The van der Waals surface area contributed by atoms with Crippen molar-refractivity contribution in [2.24, 2.45) is 11.8 Å². The fourth-order valence-electron chi connectivity index (χ4n) is 3.89. The monoisotopic (exact) mass is 373 g/mol. The van der Waals surface area contributed by atoms with E-state index in [0.717, 1.165) is 24.3 Å². The van der Waals surface area contributed by atoms with E-state index in [1.807, 2.05) is 29.2 Å². The molecule has 1 aromatic rings. The maximum atomic E-state index is 12.9. The minimum atomic E-state index is -0.260. The lowest BCUT2D eigenvalue weighted by Gasteiger charge is -2.30. The number of amides is 3. The lowest BCUT2D eigenvalue weighted by molar-refractivity contribution is -0.118. The second-order valence-electron chi connectivity index (χ2n) is 7.75. The van der Waals surface area contributed by atoms with Gasteiger partial charge in [-0.2, -0.15) is 0 Å². The molecule has 2 aliphatic carbocycles. The lowest BCUT2D eigenvalue weighted by atomic mass is 10.1. The van der Waals surface area contributed by atoms with E-state index in [1.165, 1.54) is 25.7 Å². The number of carbonyl (C=O) groups excluding carboxylic acids is 2. The number of nitrogens with zero attached hydrogens (tertiary/aromatic N) is 1. The maximum absolute atomic E-state index is 12.9. The third-order valence-corrected chi connectivity index (χ3v) is 5.76. The van der Waals surface area contributed by atoms with E-state index in [4.69, 9.17) is 4.74 Å². The van der Waals surface area contributed by atoms with Crippen molar-refractivity contribution in [1.82, 2.24) is 10.6 Å². The van der Waals surface area contributed by atoms with Crippen molar-refractivity contribution in [2.45, 2.75) is 51.5 Å². The molecule has 2 N–H and O–H groups in total. The van der Waals surface area contributed by atoms with Crippen LogP contribution < -0.4 is 20.3 Å². The summed E-state index contributed by atoms with van der Waals surface area (Å²) in [7, 11) is 1.62. The van der Waals surface area contributed by atoms with Crippen LogP contribution in [-0.2, 0) is 4.79 Å². The molecule has 2 fully saturated rings. The van der Waals surface area contributed by atoms with Crippen LogP contribution in [-0.4, -0.2) is 38.2 Å². The molecule has 6 heteroatoms. The Hall–Kier alpha value is -2.24. The molecule has 2 aliphatic rings. The molecule has 0 spiro atoms. The van der Waals surface area contributed by atoms with Crippen LogP contribution in [0.25, 0.3) is 0 Å². The molecule has 3 amide bonds. The van der Waals surface area contributed by atoms with Gasteiger partial charge >= 0.3 is 6.03 Å². The molecule has 0 aliphatic heterocycles. The van der Waals surface area contributed by atoms with Gasteiger partial charge in [0.25, 0.3) is 0 Å². The van der Waals surface area contributed by atoms with Gasteiger partial charge in [0.05, 0.1) is 13.7 Å². The molecule has 0 saturated heterocycles. The summed E-state index contributed by atoms with van der Waals surface area (Å²) in [6.07, 6.45) is 7.17. The van der Waals surface area contributed by atoms with Gasteiger partial charge in [0, 0.05) is 18.3 Å². The van der Waals surface area contributed by atoms with Gasteiger partial charge in [0.2, 0.25) is 5.91 Å². The number of carbonyl (C=O) groups is 2. The summed E-state index contributed by atoms with van der Waals surface area (Å²) >= 11 is 0. The molecule has 0 aromatic heterocycles. The number of methoxy groups -OCH3 is 1. The topological polar surface area (TPSA) is 70.7 Å². The zero-order chi connectivity index (χ0) is 19.2. The number of ether oxygens (including phenoxy) is 1. The molecule has 0 radical (unpaired) electrons. The van der Waals surface area contributed by atoms with Crippen molar-refractivity contribution in [3.05, 3.63) is 24.3 Å². The van der Waals surface area contributed by atoms with Crippen molar-refractivity contribution in [2.75, 3.05) is 25.1 Å². The minimum absolute atomic E-state index is 0.000408. The van der Waals surface area contributed by atoms with Crippen LogP contribution in [0.15, 0.2) is 24.3 Å². The Bertz CT molecular complexity index is 637. The molecule has 1 aromatic carbocycles. The first-order valence-electron chi connectivity index (χ1n) is 10.1. The average molecular weight is 373 g/mol. The van der Waals surface area contributed by atoms with E-state index in [2.05, 4.69) is 17.6 Å². The van der Waals surface area contributed by atoms with Gasteiger partial charge in [-0.1, -0.05) is 12.8 Å². The molecular formula is C21H31N3O3. The van der Waals surface area contributed by atoms with Crippen molar-refractivity contribution in [3.8, 4) is 5.75 Å². The van der Waals surface area contributed by atoms with Crippen molar-refractivity contribution < 1.29 is 14.3 Å². The highest BCUT2D eigenvalue weighted by Gasteiger charge is 2.35. The van der Waals surface area contributed by atoms with E-state index in [1.54, 1.807) is 7.11 Å². The van der Waals surface area contributed by atoms with Gasteiger partial charge in [-0.25, -0.2) is 4.79 Å². The minimum Gasteiger partial charge on any atom is -0.497 e. The molecule has 3 rings (SSSR count). The molecule has 2 saturated carbocycles. The summed E-state index contributed by atoms with van der Waals surface area (Å²) in [5.74, 6) is 1.79. The summed E-state index contributed by atoms with van der Waals surface area (Å²) in [6, 6.07) is 7.37. The first kappa shape index (κ1) is 19.5. The number of urea groups is 1. The standard InChI is InChI=1S/C21H31N3O3/c1-15(17-7-8-17)24(18-9-11-19(27-2)12-10-18)20(25)14-23-21(26)22-13-16-5-3-4-6-16/h9-12,15-17H,3-8,13-14H2,1-2H3,(H2,22,23,26). The Labute approximate surface area is 161 Å². The Morgan fingerprint density at radius 2 is 1.78 bits per heavy atom. The van der Waals surface area contributed by atoms with Crippen LogP contribution in [0, 0.1) is 11.8 Å². The van der Waals surface area contributed by atoms with Crippen LogP contribution in [0.4, 0.5) is 10.5 Å². The Morgan fingerprint density at radius 3 is 2.37 bits per heavy atom. The fourth-order valence-corrected chi connectivity index (χ4v) is 3.89. The second-order valence-corrected chi connectivity index (χ2v) is 7.75. The van der Waals surface area contributed by atoms with E-state index in [9.17, 15) is 9.59 Å². The summed E-state index contributed by atoms with van der Waals surface area (Å²) < 4.78 is 5.21. The smallest absolute Gasteiger partial charge is 0.315 e. The van der Waals surface area contributed by atoms with E-state index in [0.29, 0.717) is 18.4 Å². The Morgan fingerprint density at radius 1 is 1.11 bits per heavy atom. The van der Waals surface area contributed by atoms with Crippen molar-refractivity contribution >= 4 is 17.6 Å². The summed E-state index contributed by atoms with van der Waals surface area (Å²) in [5, 5.41) is 5.63. The van der Waals surface area contributed by atoms with Crippen molar-refractivity contribution in [3.63, 3.8) is 0 Å². The Kier molecular flexibility index (Phi) is 6.58. The zero-order valence-corrected chi connectivity index (χ0v) is 16.4. The van der Waals surface area contributed by atoms with Crippen LogP contribution in [0.2, 0.25) is 0 Å². The van der Waals surface area contributed by atoms with Crippen LogP contribution in [0.1, 0.15) is 45.4 Å². The van der Waals surface area contributed by atoms with Gasteiger partial charge in [-0.15, -0.1) is 0 Å². The maximum Gasteiger partial charge on any atom is 0.315 e. The second kappa shape index (κ2) is 9.11. The van der Waals surface area contributed by atoms with Gasteiger partial charge in [-0.3, -0.25) is 4.79 Å². The SMILES string of the molecule is COc1ccc(N(C(=O)CNC(=O)NCC2CCCC2)C(C)C2CC2)cc1. The van der Waals surface area contributed by atoms with Crippen molar-refractivity contribution in [1.29, 1.82) is 0 Å². The number of benzene rings is 1. The third-order valence-electron chi connectivity index (χ3n) is 5.76. The number of hydrogen-bond donors (Lipinski definition) is 2. The zero-order valence-electron chi connectivity index (χ0n) is 16.4. The summed E-state index contributed by atoms with van der Waals surface area (Å²) in [6.45, 7) is 2.78. The van der Waals surface area contributed by atoms with Crippen LogP contribution >= 0.6 is 0 Å². The highest BCUT2D eigenvalue weighted by Crippen LogP contribution is 2.37. The summed E-state index contributed by atoms with van der Waals surface area (Å²) in [5.41, 5.74) is 0.841. The molecular weight excluding hydrogens is 342 g/mol. The molecule has 148 valence electrons. The molecule has 6 nitrogen and oxygen atoms in total. The van der Waals surface area contributed by atoms with Gasteiger partial charge < -0.3 is 20.3 Å². The van der Waals surface area contributed by atoms with Gasteiger partial charge in [-0.05, 0) is 68.7 Å². The van der Waals surface area contributed by atoms with Gasteiger partial charge in [0.1, 0.15) is 5.75 Å². The molecule has 0 heterocycles. The molecule has 27 heavy (non-hydrogen) atoms. The summed E-state index contributed by atoms with van der Waals surface area (Å²) in [4.78, 5) is 26.8. The number of hydrogen-bond acceptors (Lipinski definition) is 3. The Balaban J connectivity index is 1.56. The molecule has 1 unspecified atom stereocenters. The normalized spacial score (nSPS) is 18.0. The van der Waals surface area contributed by atoms with Crippen LogP contribution in [0.3, 0.4) is 0 Å². The van der Waals surface area contributed by atoms with E-state index in [-0.39, 0.29) is 24.5 Å². The number of rotatable bonds is 8. The number of anilines is 1. The quantitative estimate of drug-likeness (QED) is 0.734. The highest BCUT2D eigenvalue weighted by atomic mass is 16.5. The first-order chi connectivity index (χ1) is 13.1. The van der Waals surface area contributed by atoms with E-state index >= 15 is 0 Å². The highest BCUT2D eigenvalue weighted by molar-refractivity contribution is 5.97. The average Bonchev–Trinajstić information content (AvgIpc) is 3.41.